The van der Waals surface area contributed by atoms with Gasteiger partial charge in [0.2, 0.25) is 0 Å². The van der Waals surface area contributed by atoms with Crippen molar-refractivity contribution in [3.8, 4) is 22.6 Å². The Morgan fingerprint density at radius 2 is 1.20 bits per heavy atom. The molecule has 0 unspecified atom stereocenters. The van der Waals surface area contributed by atoms with Crippen molar-refractivity contribution in [1.29, 1.82) is 0 Å². The molecule has 4 rings (SSSR count). The first-order valence-corrected chi connectivity index (χ1v) is 12.5. The minimum atomic E-state index is 0.513. The van der Waals surface area contributed by atoms with Crippen molar-refractivity contribution in [2.75, 3.05) is 0 Å². The number of ether oxygens (including phenoxy) is 2. The molecule has 0 N–H and O–H groups in total. The van der Waals surface area contributed by atoms with Crippen LogP contribution in [0.1, 0.15) is 49.9 Å². The minimum Gasteiger partial charge on any atom is -0.489 e. The quantitative estimate of drug-likeness (QED) is 0.246. The largest absolute Gasteiger partial charge is 0.489 e. The highest BCUT2D eigenvalue weighted by Gasteiger charge is 2.11. The molecule has 0 amide bonds. The fourth-order valence-corrected chi connectivity index (χ4v) is 3.91. The molecule has 0 heterocycles. The summed E-state index contributed by atoms with van der Waals surface area (Å²) in [6.45, 7) is 9.28. The van der Waals surface area contributed by atoms with Crippen LogP contribution in [0.3, 0.4) is 0 Å². The smallest absolute Gasteiger partial charge is 0.124 e. The van der Waals surface area contributed by atoms with Crippen LogP contribution in [0.5, 0.6) is 11.5 Å². The Labute approximate surface area is 210 Å². The third-order valence-corrected chi connectivity index (χ3v) is 5.60. The van der Waals surface area contributed by atoms with Crippen LogP contribution < -0.4 is 9.47 Å². The van der Waals surface area contributed by atoms with Crippen molar-refractivity contribution in [1.82, 2.24) is 0 Å². The molecule has 0 radical (unpaired) electrons. The first-order valence-electron chi connectivity index (χ1n) is 12.5. The first-order chi connectivity index (χ1) is 17.3. The van der Waals surface area contributed by atoms with Gasteiger partial charge in [0.15, 0.2) is 0 Å². The summed E-state index contributed by atoms with van der Waals surface area (Å²) >= 11 is 0. The van der Waals surface area contributed by atoms with Gasteiger partial charge < -0.3 is 9.47 Å². The molecule has 0 aliphatic heterocycles. The Hall–Kier alpha value is -3.78. The number of allylic oxidation sites excluding steroid dienone is 1. The van der Waals surface area contributed by atoms with Gasteiger partial charge in [0.05, 0.1) is 0 Å². The summed E-state index contributed by atoms with van der Waals surface area (Å²) in [5, 5.41) is 0. The Bertz CT molecular complexity index is 1130. The highest BCUT2D eigenvalue weighted by Crippen LogP contribution is 2.34. The third-order valence-electron chi connectivity index (χ3n) is 5.60. The van der Waals surface area contributed by atoms with Gasteiger partial charge in [-0.25, -0.2) is 0 Å². The van der Waals surface area contributed by atoms with E-state index in [1.54, 1.807) is 0 Å². The minimum absolute atomic E-state index is 0.513. The second kappa shape index (κ2) is 13.8. The molecule has 0 atom stereocenters. The summed E-state index contributed by atoms with van der Waals surface area (Å²) in [6.07, 6.45) is 5.27. The fourth-order valence-electron chi connectivity index (χ4n) is 3.91. The Kier molecular flexibility index (Phi) is 10.2. The molecule has 0 fully saturated rings. The number of hydrogen-bond donors (Lipinski definition) is 0. The van der Waals surface area contributed by atoms with Gasteiger partial charge in [-0.1, -0.05) is 112 Å². The molecule has 4 aromatic carbocycles. The van der Waals surface area contributed by atoms with E-state index in [-0.39, 0.29) is 0 Å². The van der Waals surface area contributed by atoms with E-state index in [2.05, 4.69) is 80.6 Å². The normalized spacial score (nSPS) is 10.5. The lowest BCUT2D eigenvalue weighted by Crippen LogP contribution is -1.99. The Balaban J connectivity index is 0.00000167. The molecule has 0 saturated heterocycles. The van der Waals surface area contributed by atoms with Gasteiger partial charge in [-0.15, -0.1) is 0 Å². The standard InChI is InChI=1S/C31H30O2.C2H6/c1-3-12-30-26(4-2)17-11-18-31(30)27-19-28(32-22-24-13-7-5-8-14-24)21-29(20-27)33-23-25-15-9-6-10-16-25;1-2/h3,5-21H,4,22-23H2,1-2H3;1-2H3/b12-3-;. The van der Waals surface area contributed by atoms with E-state index in [0.29, 0.717) is 13.2 Å². The van der Waals surface area contributed by atoms with Gasteiger partial charge in [-0.2, -0.15) is 0 Å². The number of rotatable bonds is 9. The van der Waals surface area contributed by atoms with E-state index >= 15 is 0 Å². The average molecular weight is 465 g/mol. The predicted molar refractivity (Wildman–Crippen MR) is 149 cm³/mol. The summed E-state index contributed by atoms with van der Waals surface area (Å²) in [4.78, 5) is 0. The van der Waals surface area contributed by atoms with Crippen LogP contribution in [-0.4, -0.2) is 0 Å². The zero-order valence-electron chi connectivity index (χ0n) is 21.3. The zero-order chi connectivity index (χ0) is 24.9. The molecule has 2 nitrogen and oxygen atoms in total. The molecule has 0 bridgehead atoms. The SMILES string of the molecule is C/C=C\c1c(CC)cccc1-c1cc(OCc2ccccc2)cc(OCc2ccccc2)c1.CC. The highest BCUT2D eigenvalue weighted by atomic mass is 16.5. The van der Waals surface area contributed by atoms with Crippen LogP contribution >= 0.6 is 0 Å². The number of hydrogen-bond acceptors (Lipinski definition) is 2. The highest BCUT2D eigenvalue weighted by molar-refractivity contribution is 5.78. The van der Waals surface area contributed by atoms with Crippen molar-refractivity contribution in [3.05, 3.63) is 125 Å². The van der Waals surface area contributed by atoms with Crippen LogP contribution in [0.15, 0.2) is 103 Å². The summed E-state index contributed by atoms with van der Waals surface area (Å²) in [7, 11) is 0. The molecule has 180 valence electrons. The van der Waals surface area contributed by atoms with E-state index in [1.165, 1.54) is 16.7 Å². The van der Waals surface area contributed by atoms with Gasteiger partial charge in [-0.05, 0) is 58.9 Å². The van der Waals surface area contributed by atoms with Crippen LogP contribution in [0, 0.1) is 0 Å². The van der Waals surface area contributed by atoms with E-state index in [9.17, 15) is 0 Å². The van der Waals surface area contributed by atoms with Crippen molar-refractivity contribution < 1.29 is 9.47 Å². The van der Waals surface area contributed by atoms with Gasteiger partial charge in [0, 0.05) is 6.07 Å². The summed E-state index contributed by atoms with van der Waals surface area (Å²) in [5.74, 6) is 1.60. The topological polar surface area (TPSA) is 18.5 Å². The van der Waals surface area contributed by atoms with Crippen molar-refractivity contribution >= 4 is 6.08 Å². The van der Waals surface area contributed by atoms with Crippen LogP contribution in [0.4, 0.5) is 0 Å². The summed E-state index contributed by atoms with van der Waals surface area (Å²) in [5.41, 5.74) is 7.12. The van der Waals surface area contributed by atoms with E-state index < -0.39 is 0 Å². The first kappa shape index (κ1) is 25.8. The second-order valence-corrected chi connectivity index (χ2v) is 7.97. The van der Waals surface area contributed by atoms with Gasteiger partial charge in [0.1, 0.15) is 24.7 Å². The molecule has 0 spiro atoms. The molecule has 0 aromatic heterocycles. The number of aryl methyl sites for hydroxylation is 1. The van der Waals surface area contributed by atoms with E-state index in [0.717, 1.165) is 34.6 Å². The second-order valence-electron chi connectivity index (χ2n) is 7.97. The fraction of sp³-hybridized carbons (Fsp3) is 0.212. The van der Waals surface area contributed by atoms with Crippen molar-refractivity contribution in [2.24, 2.45) is 0 Å². The molecular formula is C33H36O2. The monoisotopic (exact) mass is 464 g/mol. The average Bonchev–Trinajstić information content (AvgIpc) is 2.93. The van der Waals surface area contributed by atoms with E-state index in [4.69, 9.17) is 9.47 Å². The van der Waals surface area contributed by atoms with Crippen molar-refractivity contribution in [3.63, 3.8) is 0 Å². The van der Waals surface area contributed by atoms with Crippen LogP contribution in [0.2, 0.25) is 0 Å². The Morgan fingerprint density at radius 1 is 0.657 bits per heavy atom. The van der Waals surface area contributed by atoms with Crippen LogP contribution in [0.25, 0.3) is 17.2 Å². The summed E-state index contributed by atoms with van der Waals surface area (Å²) < 4.78 is 12.4. The maximum absolute atomic E-state index is 6.21. The molecule has 4 aromatic rings. The molecule has 0 aliphatic rings. The molecule has 0 saturated carbocycles. The molecule has 0 aliphatic carbocycles. The van der Waals surface area contributed by atoms with Crippen LogP contribution in [-0.2, 0) is 19.6 Å². The summed E-state index contributed by atoms with van der Waals surface area (Å²) in [6, 6.07) is 33.2. The lowest BCUT2D eigenvalue weighted by Gasteiger charge is -2.16. The van der Waals surface area contributed by atoms with Crippen molar-refractivity contribution in [2.45, 2.75) is 47.3 Å². The van der Waals surface area contributed by atoms with E-state index in [1.807, 2.05) is 56.3 Å². The Morgan fingerprint density at radius 3 is 1.69 bits per heavy atom. The third kappa shape index (κ3) is 7.35. The maximum atomic E-state index is 6.21. The molecule has 35 heavy (non-hydrogen) atoms. The van der Waals surface area contributed by atoms with Gasteiger partial charge in [-0.3, -0.25) is 0 Å². The van der Waals surface area contributed by atoms with Gasteiger partial charge in [0.25, 0.3) is 0 Å². The number of benzene rings is 4. The molecular weight excluding hydrogens is 428 g/mol. The lowest BCUT2D eigenvalue weighted by atomic mass is 9.93. The lowest BCUT2D eigenvalue weighted by molar-refractivity contribution is 0.290. The molecule has 2 heteroatoms. The van der Waals surface area contributed by atoms with Gasteiger partial charge >= 0.3 is 0 Å². The maximum Gasteiger partial charge on any atom is 0.124 e. The predicted octanol–water partition coefficient (Wildman–Crippen LogP) is 9.13. The zero-order valence-corrected chi connectivity index (χ0v) is 21.3.